The van der Waals surface area contributed by atoms with Crippen LogP contribution in [0.25, 0.3) is 22.1 Å². The number of anilines is 2. The molecule has 1 amide bonds. The Hall–Kier alpha value is -3.86. The van der Waals surface area contributed by atoms with E-state index in [2.05, 4.69) is 19.6 Å². The minimum absolute atomic E-state index is 0.00281. The van der Waals surface area contributed by atoms with E-state index in [1.807, 2.05) is 0 Å². The molecule has 0 spiro atoms. The lowest BCUT2D eigenvalue weighted by Gasteiger charge is -2.10. The maximum atomic E-state index is 14.6. The van der Waals surface area contributed by atoms with Crippen molar-refractivity contribution >= 4 is 38.4 Å². The number of amides is 1. The Balaban J connectivity index is 1.61. The highest BCUT2D eigenvalue weighted by Gasteiger charge is 2.16. The van der Waals surface area contributed by atoms with E-state index in [0.717, 1.165) is 6.20 Å². The lowest BCUT2D eigenvalue weighted by atomic mass is 10.0. The fourth-order valence-corrected chi connectivity index (χ4v) is 4.60. The minimum atomic E-state index is -2.87. The average molecular weight is 487 g/mol. The van der Waals surface area contributed by atoms with Gasteiger partial charge in [-0.1, -0.05) is 0 Å². The maximum absolute atomic E-state index is 14.6. The number of pyridine rings is 2. The summed E-state index contributed by atoms with van der Waals surface area (Å²) in [5.74, 6) is -0.446. The lowest BCUT2D eigenvalue weighted by molar-refractivity contribution is 0.164. The summed E-state index contributed by atoms with van der Waals surface area (Å²) in [6.45, 7) is 1.77. The van der Waals surface area contributed by atoms with Crippen molar-refractivity contribution in [3.05, 3.63) is 72.3 Å². The molecule has 4 aromatic rings. The Morgan fingerprint density at radius 1 is 1.12 bits per heavy atom. The SMILES string of the molecule is CCOC(=O)N=S(C)(=O)Cc1ccnc(Nc2cc(-c3ccc(F)c4ccoc34)c(F)cn2)c1. The highest BCUT2D eigenvalue weighted by atomic mass is 32.2. The normalized spacial score (nSPS) is 12.8. The van der Waals surface area contributed by atoms with E-state index in [9.17, 15) is 17.8 Å². The Morgan fingerprint density at radius 3 is 2.71 bits per heavy atom. The van der Waals surface area contributed by atoms with Gasteiger partial charge in [0.25, 0.3) is 0 Å². The molecule has 0 bridgehead atoms. The van der Waals surface area contributed by atoms with Gasteiger partial charge in [0.05, 0.1) is 39.9 Å². The topological polar surface area (TPSA) is 107 Å². The Morgan fingerprint density at radius 2 is 1.91 bits per heavy atom. The van der Waals surface area contributed by atoms with Crippen molar-refractivity contribution in [1.82, 2.24) is 9.97 Å². The van der Waals surface area contributed by atoms with Crippen molar-refractivity contribution < 1.29 is 26.9 Å². The first-order valence-corrected chi connectivity index (χ1v) is 12.2. The fraction of sp³-hybridized carbons (Fsp3) is 0.174. The maximum Gasteiger partial charge on any atom is 0.441 e. The molecule has 0 aliphatic carbocycles. The summed E-state index contributed by atoms with van der Waals surface area (Å²) in [6, 6.07) is 8.88. The molecule has 8 nitrogen and oxygen atoms in total. The highest BCUT2D eigenvalue weighted by Crippen LogP contribution is 2.33. The van der Waals surface area contributed by atoms with E-state index in [0.29, 0.717) is 16.9 Å². The van der Waals surface area contributed by atoms with Crippen LogP contribution in [0.5, 0.6) is 0 Å². The summed E-state index contributed by atoms with van der Waals surface area (Å²) in [5.41, 5.74) is 1.37. The number of nitrogens with one attached hydrogen (secondary N) is 1. The summed E-state index contributed by atoms with van der Waals surface area (Å²) in [6.07, 6.45) is 4.36. The van der Waals surface area contributed by atoms with Gasteiger partial charge in [-0.05, 0) is 48.9 Å². The molecule has 0 saturated heterocycles. The van der Waals surface area contributed by atoms with E-state index in [1.54, 1.807) is 19.1 Å². The average Bonchev–Trinajstić information content (AvgIpc) is 3.26. The molecule has 3 aromatic heterocycles. The lowest BCUT2D eigenvalue weighted by Crippen LogP contribution is -2.07. The smallest absolute Gasteiger partial charge is 0.441 e. The van der Waals surface area contributed by atoms with Crippen molar-refractivity contribution in [2.24, 2.45) is 4.36 Å². The molecule has 0 saturated carbocycles. The van der Waals surface area contributed by atoms with Crippen LogP contribution in [-0.2, 0) is 20.2 Å². The first-order chi connectivity index (χ1) is 16.3. The number of furan rings is 1. The molecular weight excluding hydrogens is 466 g/mol. The van der Waals surface area contributed by atoms with Crippen LogP contribution < -0.4 is 5.32 Å². The third-order valence-electron chi connectivity index (χ3n) is 4.76. The minimum Gasteiger partial charge on any atom is -0.464 e. The van der Waals surface area contributed by atoms with Gasteiger partial charge < -0.3 is 14.5 Å². The van der Waals surface area contributed by atoms with Crippen molar-refractivity contribution in [3.8, 4) is 11.1 Å². The van der Waals surface area contributed by atoms with E-state index in [4.69, 9.17) is 9.15 Å². The van der Waals surface area contributed by atoms with Gasteiger partial charge in [-0.3, -0.25) is 0 Å². The molecule has 0 fully saturated rings. The Kier molecular flexibility index (Phi) is 6.55. The zero-order valence-corrected chi connectivity index (χ0v) is 19.1. The van der Waals surface area contributed by atoms with E-state index in [1.165, 1.54) is 43.0 Å². The molecule has 1 unspecified atom stereocenters. The standard InChI is InChI=1S/C23H20F2N4O4S/c1-3-32-23(30)29-34(2,31)13-14-6-8-26-20(10-14)28-21-11-17(19(25)12-27-21)15-4-5-18(24)16-7-9-33-22(15)16/h4-12H,3,13H2,1-2H3,(H,26,27,28). The van der Waals surface area contributed by atoms with E-state index in [-0.39, 0.29) is 34.7 Å². The summed E-state index contributed by atoms with van der Waals surface area (Å²) >= 11 is 0. The van der Waals surface area contributed by atoms with Crippen molar-refractivity contribution in [3.63, 3.8) is 0 Å². The van der Waals surface area contributed by atoms with Crippen LogP contribution in [0.4, 0.5) is 25.2 Å². The number of benzene rings is 1. The molecule has 176 valence electrons. The van der Waals surface area contributed by atoms with Crippen LogP contribution >= 0.6 is 0 Å². The second-order valence-electron chi connectivity index (χ2n) is 7.38. The molecular formula is C23H20F2N4O4S. The van der Waals surface area contributed by atoms with Crippen LogP contribution in [0.1, 0.15) is 12.5 Å². The van der Waals surface area contributed by atoms with E-state index < -0.39 is 27.5 Å². The number of nitrogens with zero attached hydrogens (tertiary/aromatic N) is 3. The molecule has 1 atom stereocenters. The number of carbonyl (C=O) groups is 1. The third-order valence-corrected chi connectivity index (χ3v) is 6.16. The number of halogens is 2. The first-order valence-electron chi connectivity index (χ1n) is 10.2. The molecule has 3 heterocycles. The number of hydrogen-bond donors (Lipinski definition) is 1. The first kappa shape index (κ1) is 23.3. The fourth-order valence-electron chi connectivity index (χ4n) is 3.37. The van der Waals surface area contributed by atoms with Gasteiger partial charge in [-0.25, -0.2) is 27.8 Å². The Bertz CT molecular complexity index is 1500. The molecule has 34 heavy (non-hydrogen) atoms. The van der Waals surface area contributed by atoms with Crippen molar-refractivity contribution in [2.45, 2.75) is 12.7 Å². The van der Waals surface area contributed by atoms with Crippen LogP contribution in [0, 0.1) is 11.6 Å². The van der Waals surface area contributed by atoms with Gasteiger partial charge in [0.15, 0.2) is 0 Å². The molecule has 4 rings (SSSR count). The number of rotatable bonds is 6. The van der Waals surface area contributed by atoms with E-state index >= 15 is 0 Å². The van der Waals surface area contributed by atoms with Gasteiger partial charge in [0.2, 0.25) is 0 Å². The van der Waals surface area contributed by atoms with Gasteiger partial charge in [-0.2, -0.15) is 0 Å². The van der Waals surface area contributed by atoms with Gasteiger partial charge in [-0.15, -0.1) is 4.36 Å². The predicted octanol–water partition coefficient (Wildman–Crippen LogP) is 5.67. The summed E-state index contributed by atoms with van der Waals surface area (Å²) in [4.78, 5) is 19.8. The van der Waals surface area contributed by atoms with Crippen molar-refractivity contribution in [1.29, 1.82) is 0 Å². The number of hydrogen-bond acceptors (Lipinski definition) is 7. The monoisotopic (exact) mass is 486 g/mol. The molecule has 0 aliphatic heterocycles. The summed E-state index contributed by atoms with van der Waals surface area (Å²) < 4.78 is 55.0. The number of fused-ring (bicyclic) bond motifs is 1. The largest absolute Gasteiger partial charge is 0.464 e. The highest BCUT2D eigenvalue weighted by molar-refractivity contribution is 7.92. The molecule has 0 radical (unpaired) electrons. The van der Waals surface area contributed by atoms with Crippen LogP contribution in [-0.4, -0.2) is 33.1 Å². The number of ether oxygens (including phenoxy) is 1. The third kappa shape index (κ3) is 5.20. The molecule has 1 aromatic carbocycles. The van der Waals surface area contributed by atoms with Crippen LogP contribution in [0.3, 0.4) is 0 Å². The van der Waals surface area contributed by atoms with Crippen LogP contribution in [0.2, 0.25) is 0 Å². The molecule has 11 heteroatoms. The summed E-state index contributed by atoms with van der Waals surface area (Å²) in [5, 5.41) is 3.22. The second kappa shape index (κ2) is 9.56. The van der Waals surface area contributed by atoms with Gasteiger partial charge in [0.1, 0.15) is 28.9 Å². The molecule has 0 aliphatic rings. The number of aromatic nitrogens is 2. The quantitative estimate of drug-likeness (QED) is 0.374. The Labute approximate surface area is 194 Å². The second-order valence-corrected chi connectivity index (χ2v) is 9.77. The molecule has 1 N–H and O–H groups in total. The van der Waals surface area contributed by atoms with Crippen LogP contribution in [0.15, 0.2) is 63.8 Å². The number of carbonyl (C=O) groups excluding carboxylic acids is 1. The predicted molar refractivity (Wildman–Crippen MR) is 124 cm³/mol. The summed E-state index contributed by atoms with van der Waals surface area (Å²) in [7, 11) is -2.87. The van der Waals surface area contributed by atoms with Crippen molar-refractivity contribution in [2.75, 3.05) is 18.2 Å². The van der Waals surface area contributed by atoms with Gasteiger partial charge in [0, 0.05) is 23.6 Å². The zero-order valence-electron chi connectivity index (χ0n) is 18.2. The zero-order chi connectivity index (χ0) is 24.3. The van der Waals surface area contributed by atoms with Gasteiger partial charge >= 0.3 is 6.09 Å².